The van der Waals surface area contributed by atoms with Gasteiger partial charge in [-0.15, -0.1) is 0 Å². The highest BCUT2D eigenvalue weighted by Crippen LogP contribution is 2.12. The Balaban J connectivity index is 4.50. The smallest absolute Gasteiger partial charge is 0.310 e. The summed E-state index contributed by atoms with van der Waals surface area (Å²) in [5.41, 5.74) is 0. The average Bonchev–Trinajstić information content (AvgIpc) is 3.27. The lowest BCUT2D eigenvalue weighted by molar-refractivity contribution is -0.166. The van der Waals surface area contributed by atoms with Crippen molar-refractivity contribution in [3.05, 3.63) is 109 Å². The fourth-order valence-electron chi connectivity index (χ4n) is 6.29. The molecule has 0 N–H and O–H groups in total. The van der Waals surface area contributed by atoms with E-state index < -0.39 is 12.1 Å². The third kappa shape index (κ3) is 47.1. The fraction of sp³-hybridized carbons (Fsp3) is 0.625. The molecule has 0 radical (unpaired) electrons. The summed E-state index contributed by atoms with van der Waals surface area (Å²) in [4.78, 5) is 37.8. The van der Waals surface area contributed by atoms with E-state index in [2.05, 4.69) is 118 Å². The van der Waals surface area contributed by atoms with Crippen molar-refractivity contribution in [1.29, 1.82) is 0 Å². The van der Waals surface area contributed by atoms with Crippen LogP contribution in [0.15, 0.2) is 109 Å². The van der Waals surface area contributed by atoms with Gasteiger partial charge < -0.3 is 14.2 Å². The standard InChI is InChI=1S/C56H90O6/c1-4-7-10-13-16-19-22-24-26-27-28-29-31-32-34-37-40-43-46-49-55(58)61-52-53(51-60-54(57)48-45-42-39-36-21-18-15-12-9-6-3)62-56(59)50-47-44-41-38-35-33-30-25-23-20-17-14-11-8-5-2/h8,11-12,15-17,19-20,24-26,28-30,35,38,44,47,53H,4-7,9-10,13-14,18,21-23,27,31-34,36-37,39-43,45-46,48-52H2,1-3H3/b11-8-,15-12-,19-16-,20-17-,26-24-,29-28-,30-25-,38-35-,47-44-. The Labute approximate surface area is 380 Å². The molecule has 0 amide bonds. The van der Waals surface area contributed by atoms with E-state index in [0.717, 1.165) is 109 Å². The maximum atomic E-state index is 12.7. The van der Waals surface area contributed by atoms with Gasteiger partial charge in [0.25, 0.3) is 0 Å². The summed E-state index contributed by atoms with van der Waals surface area (Å²) in [7, 11) is 0. The van der Waals surface area contributed by atoms with Crippen molar-refractivity contribution in [2.45, 2.75) is 213 Å². The molecule has 0 aromatic carbocycles. The van der Waals surface area contributed by atoms with E-state index in [1.807, 2.05) is 6.08 Å². The number of hydrogen-bond acceptors (Lipinski definition) is 6. The summed E-state index contributed by atoms with van der Waals surface area (Å²) >= 11 is 0. The van der Waals surface area contributed by atoms with Crippen LogP contribution in [0.1, 0.15) is 207 Å². The van der Waals surface area contributed by atoms with Crippen LogP contribution in [0.5, 0.6) is 0 Å². The third-order valence-corrected chi connectivity index (χ3v) is 9.99. The molecule has 1 atom stereocenters. The van der Waals surface area contributed by atoms with Crippen molar-refractivity contribution < 1.29 is 28.6 Å². The van der Waals surface area contributed by atoms with Gasteiger partial charge in [-0.05, 0) is 103 Å². The van der Waals surface area contributed by atoms with Crippen LogP contribution in [0.2, 0.25) is 0 Å². The van der Waals surface area contributed by atoms with Gasteiger partial charge in [-0.1, -0.05) is 194 Å². The molecule has 0 spiro atoms. The molecule has 0 aromatic rings. The van der Waals surface area contributed by atoms with Crippen molar-refractivity contribution in [1.82, 2.24) is 0 Å². The first-order valence-corrected chi connectivity index (χ1v) is 24.9. The minimum Gasteiger partial charge on any atom is -0.462 e. The largest absolute Gasteiger partial charge is 0.462 e. The number of unbranched alkanes of at least 4 members (excludes halogenated alkanes) is 15. The predicted molar refractivity (Wildman–Crippen MR) is 265 cm³/mol. The van der Waals surface area contributed by atoms with Crippen LogP contribution in [0.4, 0.5) is 0 Å². The van der Waals surface area contributed by atoms with Crippen molar-refractivity contribution in [2.24, 2.45) is 0 Å². The van der Waals surface area contributed by atoms with E-state index in [1.165, 1.54) is 51.4 Å². The van der Waals surface area contributed by atoms with Crippen molar-refractivity contribution in [2.75, 3.05) is 13.2 Å². The first-order chi connectivity index (χ1) is 30.5. The molecule has 0 rings (SSSR count). The van der Waals surface area contributed by atoms with Crippen LogP contribution in [0, 0.1) is 0 Å². The molecule has 0 aliphatic heterocycles. The van der Waals surface area contributed by atoms with E-state index >= 15 is 0 Å². The second-order valence-electron chi connectivity index (χ2n) is 16.0. The minimum absolute atomic E-state index is 0.0886. The summed E-state index contributed by atoms with van der Waals surface area (Å²) in [5, 5.41) is 0. The molecule has 0 aromatic heterocycles. The number of ether oxygens (including phenoxy) is 3. The Morgan fingerprint density at radius 2 is 0.710 bits per heavy atom. The third-order valence-electron chi connectivity index (χ3n) is 9.99. The van der Waals surface area contributed by atoms with Crippen LogP contribution >= 0.6 is 0 Å². The predicted octanol–water partition coefficient (Wildman–Crippen LogP) is 16.4. The maximum Gasteiger partial charge on any atom is 0.310 e. The number of hydrogen-bond donors (Lipinski definition) is 0. The molecular weight excluding hydrogens is 769 g/mol. The highest BCUT2D eigenvalue weighted by atomic mass is 16.6. The van der Waals surface area contributed by atoms with Gasteiger partial charge in [0.1, 0.15) is 13.2 Å². The second-order valence-corrected chi connectivity index (χ2v) is 16.0. The van der Waals surface area contributed by atoms with Gasteiger partial charge in [0.2, 0.25) is 0 Å². The minimum atomic E-state index is -0.841. The van der Waals surface area contributed by atoms with Crippen LogP contribution in [0.25, 0.3) is 0 Å². The Kier molecular flexibility index (Phi) is 46.6. The number of allylic oxidation sites excluding steroid dienone is 17. The molecule has 0 bridgehead atoms. The van der Waals surface area contributed by atoms with Crippen molar-refractivity contribution >= 4 is 17.9 Å². The van der Waals surface area contributed by atoms with E-state index in [-0.39, 0.29) is 31.6 Å². The Hall–Kier alpha value is -3.93. The lowest BCUT2D eigenvalue weighted by atomic mass is 10.1. The zero-order valence-electron chi connectivity index (χ0n) is 39.8. The monoisotopic (exact) mass is 859 g/mol. The van der Waals surface area contributed by atoms with Crippen molar-refractivity contribution in [3.63, 3.8) is 0 Å². The Morgan fingerprint density at radius 3 is 1.15 bits per heavy atom. The molecule has 350 valence electrons. The quantitative estimate of drug-likeness (QED) is 0.0263. The zero-order valence-corrected chi connectivity index (χ0v) is 39.8. The summed E-state index contributed by atoms with van der Waals surface area (Å²) in [6.07, 6.45) is 66.7. The Bertz CT molecular complexity index is 1310. The summed E-state index contributed by atoms with van der Waals surface area (Å²) in [6.45, 7) is 6.31. The highest BCUT2D eigenvalue weighted by Gasteiger charge is 2.19. The maximum absolute atomic E-state index is 12.7. The zero-order chi connectivity index (χ0) is 45.1. The lowest BCUT2D eigenvalue weighted by Gasteiger charge is -2.18. The van der Waals surface area contributed by atoms with Crippen LogP contribution in [-0.4, -0.2) is 37.2 Å². The fourth-order valence-corrected chi connectivity index (χ4v) is 6.29. The number of carbonyl (C=O) groups excluding carboxylic acids is 3. The molecule has 0 saturated heterocycles. The Morgan fingerprint density at radius 1 is 0.355 bits per heavy atom. The lowest BCUT2D eigenvalue weighted by Crippen LogP contribution is -2.30. The molecule has 1 unspecified atom stereocenters. The van der Waals surface area contributed by atoms with E-state index in [1.54, 1.807) is 6.08 Å². The van der Waals surface area contributed by atoms with Gasteiger partial charge in [-0.2, -0.15) is 0 Å². The number of rotatable bonds is 43. The molecule has 0 aliphatic rings. The van der Waals surface area contributed by atoms with Gasteiger partial charge in [0.05, 0.1) is 6.42 Å². The van der Waals surface area contributed by atoms with Gasteiger partial charge in [0.15, 0.2) is 6.10 Å². The number of carbonyl (C=O) groups is 3. The second kappa shape index (κ2) is 49.7. The molecule has 0 aliphatic carbocycles. The van der Waals surface area contributed by atoms with Crippen molar-refractivity contribution in [3.8, 4) is 0 Å². The summed E-state index contributed by atoms with van der Waals surface area (Å²) < 4.78 is 16.6. The summed E-state index contributed by atoms with van der Waals surface area (Å²) in [5.74, 6) is -1.09. The molecule has 62 heavy (non-hydrogen) atoms. The molecule has 6 heteroatoms. The molecule has 6 nitrogen and oxygen atoms in total. The average molecular weight is 859 g/mol. The molecular formula is C56H90O6. The van der Waals surface area contributed by atoms with E-state index in [4.69, 9.17) is 14.2 Å². The number of esters is 3. The van der Waals surface area contributed by atoms with Crippen LogP contribution in [0.3, 0.4) is 0 Å². The van der Waals surface area contributed by atoms with Gasteiger partial charge in [0, 0.05) is 12.8 Å². The first kappa shape index (κ1) is 58.1. The first-order valence-electron chi connectivity index (χ1n) is 24.9. The molecule has 0 saturated carbocycles. The van der Waals surface area contributed by atoms with Crippen LogP contribution in [-0.2, 0) is 28.6 Å². The van der Waals surface area contributed by atoms with E-state index in [0.29, 0.717) is 19.3 Å². The highest BCUT2D eigenvalue weighted by molar-refractivity contribution is 5.72. The molecule has 0 fully saturated rings. The van der Waals surface area contributed by atoms with Gasteiger partial charge in [-0.25, -0.2) is 0 Å². The van der Waals surface area contributed by atoms with Gasteiger partial charge in [-0.3, -0.25) is 14.4 Å². The van der Waals surface area contributed by atoms with E-state index in [9.17, 15) is 14.4 Å². The van der Waals surface area contributed by atoms with Crippen LogP contribution < -0.4 is 0 Å². The summed E-state index contributed by atoms with van der Waals surface area (Å²) in [6, 6.07) is 0. The molecule has 0 heterocycles. The SMILES string of the molecule is CC/C=C\C/C=C\C/C=C\C/C=C\C/C=C\CC(=O)OC(COC(=O)CCCCCCC/C=C\CCC)COC(=O)CCCCCCCC/C=C\C/C=C\C/C=C\CCCCC. The van der Waals surface area contributed by atoms with Gasteiger partial charge >= 0.3 is 17.9 Å². The topological polar surface area (TPSA) is 78.9 Å². The normalized spacial score (nSPS) is 13.0.